The number of aliphatic hydroxyl groups excluding tert-OH is 1. The number of ketones is 1. The van der Waals surface area contributed by atoms with Gasteiger partial charge in [0.2, 0.25) is 0 Å². The zero-order chi connectivity index (χ0) is 12.8. The van der Waals surface area contributed by atoms with E-state index in [1.165, 1.54) is 11.8 Å². The first kappa shape index (κ1) is 15.4. The van der Waals surface area contributed by atoms with Gasteiger partial charge in [-0.3, -0.25) is 9.59 Å². The van der Waals surface area contributed by atoms with Crippen LogP contribution in [0.4, 0.5) is 0 Å². The summed E-state index contributed by atoms with van der Waals surface area (Å²) in [5.41, 5.74) is -1.10. The molecule has 0 aliphatic carbocycles. The van der Waals surface area contributed by atoms with Crippen LogP contribution in [0.1, 0.15) is 27.7 Å². The molecule has 0 heterocycles. The van der Waals surface area contributed by atoms with E-state index in [-0.39, 0.29) is 30.0 Å². The minimum absolute atomic E-state index is 0.00180. The standard InChI is InChI=1S/C11H20O4S/c1-5-15-10(14)11(3,4)9(13)7-16-8(2)6-12/h8,12H,5-7H2,1-4H3. The van der Waals surface area contributed by atoms with Crippen molar-refractivity contribution >= 4 is 23.5 Å². The van der Waals surface area contributed by atoms with Crippen LogP contribution < -0.4 is 0 Å². The number of hydrogen-bond acceptors (Lipinski definition) is 5. The van der Waals surface area contributed by atoms with E-state index in [1.807, 2.05) is 6.92 Å². The fourth-order valence-electron chi connectivity index (χ4n) is 0.876. The van der Waals surface area contributed by atoms with Gasteiger partial charge in [0.05, 0.1) is 19.0 Å². The third-order valence-electron chi connectivity index (χ3n) is 2.24. The first-order valence-corrected chi connectivity index (χ1v) is 6.34. The average Bonchev–Trinajstić information content (AvgIpc) is 2.25. The second-order valence-corrected chi connectivity index (χ2v) is 5.50. The second kappa shape index (κ2) is 6.91. The van der Waals surface area contributed by atoms with Crippen molar-refractivity contribution in [3.05, 3.63) is 0 Å². The van der Waals surface area contributed by atoms with Crippen LogP contribution in [0.3, 0.4) is 0 Å². The molecule has 0 spiro atoms. The zero-order valence-corrected chi connectivity index (χ0v) is 11.1. The van der Waals surface area contributed by atoms with Crippen molar-refractivity contribution in [2.45, 2.75) is 32.9 Å². The number of carbonyl (C=O) groups is 2. The molecule has 94 valence electrons. The maximum absolute atomic E-state index is 11.8. The molecule has 1 atom stereocenters. The highest BCUT2D eigenvalue weighted by Gasteiger charge is 2.36. The number of esters is 1. The van der Waals surface area contributed by atoms with Crippen LogP contribution in [0.5, 0.6) is 0 Å². The van der Waals surface area contributed by atoms with Gasteiger partial charge >= 0.3 is 5.97 Å². The Balaban J connectivity index is 4.29. The minimum atomic E-state index is -1.10. The van der Waals surface area contributed by atoms with Gasteiger partial charge in [-0.1, -0.05) is 6.92 Å². The van der Waals surface area contributed by atoms with Gasteiger partial charge in [-0.25, -0.2) is 0 Å². The second-order valence-electron chi connectivity index (χ2n) is 4.07. The van der Waals surface area contributed by atoms with E-state index in [9.17, 15) is 9.59 Å². The molecule has 1 N–H and O–H groups in total. The van der Waals surface area contributed by atoms with Gasteiger partial charge in [-0.2, -0.15) is 0 Å². The van der Waals surface area contributed by atoms with Crippen molar-refractivity contribution in [3.8, 4) is 0 Å². The molecule has 0 bridgehead atoms. The molecule has 0 aliphatic rings. The molecule has 4 nitrogen and oxygen atoms in total. The first-order chi connectivity index (χ1) is 7.36. The minimum Gasteiger partial charge on any atom is -0.465 e. The summed E-state index contributed by atoms with van der Waals surface area (Å²) in [6.45, 7) is 6.97. The monoisotopic (exact) mass is 248 g/mol. The van der Waals surface area contributed by atoms with Crippen LogP contribution in [-0.2, 0) is 14.3 Å². The highest BCUT2D eigenvalue weighted by atomic mass is 32.2. The summed E-state index contributed by atoms with van der Waals surface area (Å²) in [7, 11) is 0. The Kier molecular flexibility index (Phi) is 6.67. The molecular formula is C11H20O4S. The summed E-state index contributed by atoms with van der Waals surface area (Å²) >= 11 is 1.34. The molecule has 0 aromatic carbocycles. The van der Waals surface area contributed by atoms with Crippen molar-refractivity contribution in [2.75, 3.05) is 19.0 Å². The highest BCUT2D eigenvalue weighted by Crippen LogP contribution is 2.22. The summed E-state index contributed by atoms with van der Waals surface area (Å²) in [5, 5.41) is 8.82. The van der Waals surface area contributed by atoms with E-state index in [2.05, 4.69) is 0 Å². The van der Waals surface area contributed by atoms with Crippen molar-refractivity contribution in [2.24, 2.45) is 5.41 Å². The van der Waals surface area contributed by atoms with Crippen LogP contribution in [-0.4, -0.2) is 41.1 Å². The Morgan fingerprint density at radius 1 is 1.44 bits per heavy atom. The van der Waals surface area contributed by atoms with Crippen molar-refractivity contribution in [3.63, 3.8) is 0 Å². The summed E-state index contributed by atoms with van der Waals surface area (Å²) in [4.78, 5) is 23.3. The molecule has 0 aromatic rings. The van der Waals surface area contributed by atoms with Crippen LogP contribution in [0.15, 0.2) is 0 Å². The molecule has 0 rings (SSSR count). The van der Waals surface area contributed by atoms with Crippen molar-refractivity contribution < 1.29 is 19.4 Å². The topological polar surface area (TPSA) is 63.6 Å². The average molecular weight is 248 g/mol. The van der Waals surface area contributed by atoms with Gasteiger partial charge in [0.1, 0.15) is 5.41 Å². The SMILES string of the molecule is CCOC(=O)C(C)(C)C(=O)CSC(C)CO. The number of aliphatic hydroxyl groups is 1. The van der Waals surface area contributed by atoms with Gasteiger partial charge in [0.15, 0.2) is 5.78 Å². The fraction of sp³-hybridized carbons (Fsp3) is 0.818. The van der Waals surface area contributed by atoms with E-state index >= 15 is 0 Å². The number of Topliss-reactive ketones (excluding diaryl/α,β-unsaturated/α-hetero) is 1. The smallest absolute Gasteiger partial charge is 0.319 e. The maximum atomic E-state index is 11.8. The van der Waals surface area contributed by atoms with Gasteiger partial charge in [-0.15, -0.1) is 11.8 Å². The normalized spacial score (nSPS) is 13.3. The summed E-state index contributed by atoms with van der Waals surface area (Å²) in [6.07, 6.45) is 0. The third-order valence-corrected chi connectivity index (χ3v) is 3.39. The third kappa shape index (κ3) is 4.53. The van der Waals surface area contributed by atoms with Crippen LogP contribution in [0.2, 0.25) is 0 Å². The molecule has 0 amide bonds. The largest absolute Gasteiger partial charge is 0.465 e. The Labute approximate surface area is 101 Å². The summed E-state index contributed by atoms with van der Waals surface area (Å²) < 4.78 is 4.84. The lowest BCUT2D eigenvalue weighted by Gasteiger charge is -2.21. The molecule has 5 heteroatoms. The molecule has 0 fully saturated rings. The quantitative estimate of drug-likeness (QED) is 0.543. The molecule has 0 aliphatic heterocycles. The van der Waals surface area contributed by atoms with E-state index in [4.69, 9.17) is 9.84 Å². The fourth-order valence-corrected chi connectivity index (χ4v) is 1.78. The van der Waals surface area contributed by atoms with Gasteiger partial charge < -0.3 is 9.84 Å². The Morgan fingerprint density at radius 2 is 2.00 bits per heavy atom. The molecule has 0 saturated heterocycles. The van der Waals surface area contributed by atoms with Gasteiger partial charge in [0.25, 0.3) is 0 Å². The van der Waals surface area contributed by atoms with Gasteiger partial charge in [-0.05, 0) is 20.8 Å². The lowest BCUT2D eigenvalue weighted by Crippen LogP contribution is -2.36. The number of hydrogen-bond donors (Lipinski definition) is 1. The van der Waals surface area contributed by atoms with Crippen LogP contribution in [0, 0.1) is 5.41 Å². The molecular weight excluding hydrogens is 228 g/mol. The van der Waals surface area contributed by atoms with E-state index in [1.54, 1.807) is 20.8 Å². The predicted octanol–water partition coefficient (Wildman–Crippen LogP) is 1.26. The molecule has 0 saturated carbocycles. The lowest BCUT2D eigenvalue weighted by molar-refractivity contribution is -0.157. The molecule has 0 aromatic heterocycles. The zero-order valence-electron chi connectivity index (χ0n) is 10.3. The first-order valence-electron chi connectivity index (χ1n) is 5.29. The lowest BCUT2D eigenvalue weighted by atomic mass is 9.89. The van der Waals surface area contributed by atoms with Crippen molar-refractivity contribution in [1.29, 1.82) is 0 Å². The van der Waals surface area contributed by atoms with Crippen LogP contribution in [0.25, 0.3) is 0 Å². The van der Waals surface area contributed by atoms with E-state index < -0.39 is 11.4 Å². The highest BCUT2D eigenvalue weighted by molar-refractivity contribution is 8.00. The maximum Gasteiger partial charge on any atom is 0.319 e. The Morgan fingerprint density at radius 3 is 2.44 bits per heavy atom. The van der Waals surface area contributed by atoms with Crippen LogP contribution >= 0.6 is 11.8 Å². The summed E-state index contributed by atoms with van der Waals surface area (Å²) in [5.74, 6) is -0.443. The van der Waals surface area contributed by atoms with E-state index in [0.29, 0.717) is 0 Å². The number of ether oxygens (including phenoxy) is 1. The Hall–Kier alpha value is -0.550. The molecule has 16 heavy (non-hydrogen) atoms. The number of rotatable bonds is 7. The number of carbonyl (C=O) groups excluding carboxylic acids is 2. The number of thioether (sulfide) groups is 1. The molecule has 0 radical (unpaired) electrons. The van der Waals surface area contributed by atoms with Gasteiger partial charge in [0, 0.05) is 5.25 Å². The predicted molar refractivity (Wildman–Crippen MR) is 64.4 cm³/mol. The van der Waals surface area contributed by atoms with E-state index in [0.717, 1.165) is 0 Å². The van der Waals surface area contributed by atoms with Crippen molar-refractivity contribution in [1.82, 2.24) is 0 Å². The summed E-state index contributed by atoms with van der Waals surface area (Å²) in [6, 6.07) is 0. The Bertz CT molecular complexity index is 250. The molecule has 1 unspecified atom stereocenters.